The Morgan fingerprint density at radius 3 is 2.62 bits per heavy atom. The maximum absolute atomic E-state index is 11.1. The molecule has 16 heavy (non-hydrogen) atoms. The first-order chi connectivity index (χ1) is 7.42. The van der Waals surface area contributed by atoms with Crippen LogP contribution in [0.4, 0.5) is 5.69 Å². The van der Waals surface area contributed by atoms with Gasteiger partial charge in [-0.3, -0.25) is 4.72 Å². The first-order valence-corrected chi connectivity index (χ1v) is 7.03. The van der Waals surface area contributed by atoms with E-state index in [0.717, 1.165) is 24.0 Å². The molecule has 0 heterocycles. The number of hydrogen-bond donors (Lipinski definition) is 1. The molecule has 1 aromatic carbocycles. The summed E-state index contributed by atoms with van der Waals surface area (Å²) < 4.78 is 30.0. The quantitative estimate of drug-likeness (QED) is 0.862. The van der Waals surface area contributed by atoms with Crippen LogP contribution in [0.15, 0.2) is 18.2 Å². The number of hydrogen-bond acceptors (Lipinski definition) is 3. The Kier molecular flexibility index (Phi) is 4.18. The highest BCUT2D eigenvalue weighted by atomic mass is 32.2. The van der Waals surface area contributed by atoms with Gasteiger partial charge in [-0.25, -0.2) is 8.42 Å². The number of rotatable bonds is 5. The molecule has 0 saturated heterocycles. The first-order valence-electron chi connectivity index (χ1n) is 5.13. The van der Waals surface area contributed by atoms with Crippen LogP contribution in [0.2, 0.25) is 0 Å². The zero-order chi connectivity index (χ0) is 12.2. The largest absolute Gasteiger partial charge is 0.493 e. The van der Waals surface area contributed by atoms with E-state index in [4.69, 9.17) is 4.74 Å². The van der Waals surface area contributed by atoms with E-state index >= 15 is 0 Å². The lowest BCUT2D eigenvalue weighted by Gasteiger charge is -2.10. The number of anilines is 1. The highest BCUT2D eigenvalue weighted by Crippen LogP contribution is 2.23. The second-order valence-corrected chi connectivity index (χ2v) is 5.45. The Hall–Kier alpha value is -1.23. The molecule has 0 aromatic heterocycles. The van der Waals surface area contributed by atoms with Crippen molar-refractivity contribution in [3.8, 4) is 5.75 Å². The van der Waals surface area contributed by atoms with Crippen molar-refractivity contribution >= 4 is 15.7 Å². The molecule has 5 heteroatoms. The molecule has 1 N–H and O–H groups in total. The minimum Gasteiger partial charge on any atom is -0.493 e. The molecule has 1 rings (SSSR count). The molecule has 0 spiro atoms. The lowest BCUT2D eigenvalue weighted by molar-refractivity contribution is 0.315. The average molecular weight is 243 g/mol. The van der Waals surface area contributed by atoms with Crippen LogP contribution in [-0.2, 0) is 10.0 Å². The average Bonchev–Trinajstić information content (AvgIpc) is 2.17. The summed E-state index contributed by atoms with van der Waals surface area (Å²) in [5.41, 5.74) is 1.52. The van der Waals surface area contributed by atoms with E-state index in [9.17, 15) is 8.42 Å². The number of ether oxygens (including phenoxy) is 1. The molecule has 0 radical (unpaired) electrons. The topological polar surface area (TPSA) is 55.4 Å². The Bertz CT molecular complexity index is 454. The molecule has 0 aliphatic carbocycles. The second kappa shape index (κ2) is 5.21. The van der Waals surface area contributed by atoms with Crippen LogP contribution in [0.5, 0.6) is 5.75 Å². The summed E-state index contributed by atoms with van der Waals surface area (Å²) in [6.07, 6.45) is 2.04. The Morgan fingerprint density at radius 1 is 1.38 bits per heavy atom. The van der Waals surface area contributed by atoms with Crippen LogP contribution >= 0.6 is 0 Å². The van der Waals surface area contributed by atoms with Crippen LogP contribution in [0.3, 0.4) is 0 Å². The van der Waals surface area contributed by atoms with Gasteiger partial charge in [-0.1, -0.05) is 13.0 Å². The van der Waals surface area contributed by atoms with E-state index in [-0.39, 0.29) is 0 Å². The zero-order valence-electron chi connectivity index (χ0n) is 9.78. The SMILES string of the molecule is CCCOc1cc(NS(C)(=O)=O)ccc1C. The van der Waals surface area contributed by atoms with E-state index in [0.29, 0.717) is 12.3 Å². The van der Waals surface area contributed by atoms with Crippen LogP contribution < -0.4 is 9.46 Å². The van der Waals surface area contributed by atoms with Gasteiger partial charge in [0.25, 0.3) is 0 Å². The summed E-state index contributed by atoms with van der Waals surface area (Å²) in [6.45, 7) is 4.58. The van der Waals surface area contributed by atoms with Gasteiger partial charge < -0.3 is 4.74 Å². The fraction of sp³-hybridized carbons (Fsp3) is 0.455. The molecule has 0 aliphatic heterocycles. The molecule has 0 saturated carbocycles. The molecular formula is C11H17NO3S. The maximum atomic E-state index is 11.1. The third kappa shape index (κ3) is 4.10. The standard InChI is InChI=1S/C11H17NO3S/c1-4-7-15-11-8-10(6-5-9(11)2)12-16(3,13)14/h5-6,8,12H,4,7H2,1-3H3. The van der Waals surface area contributed by atoms with Crippen molar-refractivity contribution in [1.29, 1.82) is 0 Å². The number of benzene rings is 1. The van der Waals surface area contributed by atoms with Crippen molar-refractivity contribution in [2.24, 2.45) is 0 Å². The van der Waals surface area contributed by atoms with Gasteiger partial charge in [0.15, 0.2) is 0 Å². The van der Waals surface area contributed by atoms with E-state index in [1.807, 2.05) is 19.9 Å². The molecule has 0 amide bonds. The number of nitrogens with one attached hydrogen (secondary N) is 1. The van der Waals surface area contributed by atoms with Crippen LogP contribution in [0.25, 0.3) is 0 Å². The van der Waals surface area contributed by atoms with Crippen molar-refractivity contribution in [2.75, 3.05) is 17.6 Å². The third-order valence-corrected chi connectivity index (χ3v) is 2.56. The number of aryl methyl sites for hydroxylation is 1. The van der Waals surface area contributed by atoms with E-state index in [1.165, 1.54) is 0 Å². The molecule has 0 unspecified atom stereocenters. The fourth-order valence-electron chi connectivity index (χ4n) is 1.25. The molecule has 90 valence electrons. The van der Waals surface area contributed by atoms with Crippen LogP contribution in [0, 0.1) is 6.92 Å². The smallest absolute Gasteiger partial charge is 0.229 e. The van der Waals surface area contributed by atoms with Gasteiger partial charge in [0.05, 0.1) is 18.6 Å². The Morgan fingerprint density at radius 2 is 2.06 bits per heavy atom. The minimum absolute atomic E-state index is 0.527. The minimum atomic E-state index is -3.23. The Labute approximate surface area is 96.7 Å². The molecule has 0 aliphatic rings. The van der Waals surface area contributed by atoms with Gasteiger partial charge in [-0.2, -0.15) is 0 Å². The predicted octanol–water partition coefficient (Wildman–Crippen LogP) is 2.16. The van der Waals surface area contributed by atoms with Gasteiger partial charge in [-0.05, 0) is 25.0 Å². The molecule has 0 atom stereocenters. The third-order valence-electron chi connectivity index (χ3n) is 1.95. The molecule has 0 fully saturated rings. The van der Waals surface area contributed by atoms with Gasteiger partial charge >= 0.3 is 0 Å². The van der Waals surface area contributed by atoms with Crippen molar-refractivity contribution < 1.29 is 13.2 Å². The highest BCUT2D eigenvalue weighted by molar-refractivity contribution is 7.92. The van der Waals surface area contributed by atoms with Crippen molar-refractivity contribution in [2.45, 2.75) is 20.3 Å². The highest BCUT2D eigenvalue weighted by Gasteiger charge is 2.05. The summed E-state index contributed by atoms with van der Waals surface area (Å²) in [4.78, 5) is 0. The van der Waals surface area contributed by atoms with E-state index in [2.05, 4.69) is 4.72 Å². The maximum Gasteiger partial charge on any atom is 0.229 e. The van der Waals surface area contributed by atoms with E-state index in [1.54, 1.807) is 12.1 Å². The van der Waals surface area contributed by atoms with Gasteiger partial charge in [0.1, 0.15) is 5.75 Å². The fourth-order valence-corrected chi connectivity index (χ4v) is 1.80. The summed E-state index contributed by atoms with van der Waals surface area (Å²) >= 11 is 0. The van der Waals surface area contributed by atoms with Crippen LogP contribution in [-0.4, -0.2) is 21.3 Å². The molecule has 1 aromatic rings. The Balaban J connectivity index is 2.89. The predicted molar refractivity (Wildman–Crippen MR) is 65.4 cm³/mol. The summed E-state index contributed by atoms with van der Waals surface area (Å²) in [7, 11) is -3.23. The molecule has 4 nitrogen and oxygen atoms in total. The zero-order valence-corrected chi connectivity index (χ0v) is 10.6. The monoisotopic (exact) mass is 243 g/mol. The lowest BCUT2D eigenvalue weighted by Crippen LogP contribution is -2.09. The summed E-state index contributed by atoms with van der Waals surface area (Å²) in [5.74, 6) is 0.718. The van der Waals surface area contributed by atoms with E-state index < -0.39 is 10.0 Å². The lowest BCUT2D eigenvalue weighted by atomic mass is 10.2. The summed E-state index contributed by atoms with van der Waals surface area (Å²) in [5, 5.41) is 0. The normalized spacial score (nSPS) is 11.2. The first kappa shape index (κ1) is 12.8. The molecule has 0 bridgehead atoms. The van der Waals surface area contributed by atoms with Crippen molar-refractivity contribution in [1.82, 2.24) is 0 Å². The van der Waals surface area contributed by atoms with Crippen molar-refractivity contribution in [3.05, 3.63) is 23.8 Å². The van der Waals surface area contributed by atoms with Gasteiger partial charge in [0, 0.05) is 6.07 Å². The van der Waals surface area contributed by atoms with Crippen LogP contribution in [0.1, 0.15) is 18.9 Å². The number of sulfonamides is 1. The molecular weight excluding hydrogens is 226 g/mol. The summed E-state index contributed by atoms with van der Waals surface area (Å²) in [6, 6.07) is 5.25. The van der Waals surface area contributed by atoms with Gasteiger partial charge in [-0.15, -0.1) is 0 Å². The second-order valence-electron chi connectivity index (χ2n) is 3.70. The van der Waals surface area contributed by atoms with Crippen molar-refractivity contribution in [3.63, 3.8) is 0 Å². The van der Waals surface area contributed by atoms with Gasteiger partial charge in [0.2, 0.25) is 10.0 Å².